The van der Waals surface area contributed by atoms with Gasteiger partial charge in [0.15, 0.2) is 0 Å². The van der Waals surface area contributed by atoms with Gasteiger partial charge in [0.25, 0.3) is 0 Å². The molecule has 0 atom stereocenters. The standard InChI is InChI=1S/C15H22N2/c1-4-8-17(9-5-2)15-14-7-6-12(3)10-13(14)11-16-15/h6-7,10H,4-5,8-9,11H2,1-3H3. The highest BCUT2D eigenvalue weighted by atomic mass is 15.2. The zero-order valence-corrected chi connectivity index (χ0v) is 11.2. The summed E-state index contributed by atoms with van der Waals surface area (Å²) >= 11 is 0. The predicted molar refractivity (Wildman–Crippen MR) is 73.6 cm³/mol. The Morgan fingerprint density at radius 2 is 1.88 bits per heavy atom. The van der Waals surface area contributed by atoms with Gasteiger partial charge < -0.3 is 4.90 Å². The molecule has 0 spiro atoms. The summed E-state index contributed by atoms with van der Waals surface area (Å²) in [6.45, 7) is 9.69. The van der Waals surface area contributed by atoms with E-state index in [2.05, 4.69) is 43.9 Å². The molecule has 2 heteroatoms. The Hall–Kier alpha value is -1.31. The molecule has 0 aromatic heterocycles. The van der Waals surface area contributed by atoms with Crippen molar-refractivity contribution in [3.05, 3.63) is 34.9 Å². The van der Waals surface area contributed by atoms with Crippen molar-refractivity contribution < 1.29 is 0 Å². The highest BCUT2D eigenvalue weighted by molar-refractivity contribution is 6.02. The van der Waals surface area contributed by atoms with E-state index in [1.165, 1.54) is 35.4 Å². The fourth-order valence-electron chi connectivity index (χ4n) is 2.45. The lowest BCUT2D eigenvalue weighted by atomic mass is 10.1. The summed E-state index contributed by atoms with van der Waals surface area (Å²) in [6.07, 6.45) is 2.36. The number of benzene rings is 1. The van der Waals surface area contributed by atoms with E-state index >= 15 is 0 Å². The first kappa shape index (κ1) is 12.2. The minimum Gasteiger partial charge on any atom is -0.356 e. The number of nitrogens with zero attached hydrogens (tertiary/aromatic N) is 2. The molecule has 0 N–H and O–H groups in total. The average Bonchev–Trinajstić information content (AvgIpc) is 2.71. The van der Waals surface area contributed by atoms with E-state index < -0.39 is 0 Å². The number of amidine groups is 1. The molecule has 0 unspecified atom stereocenters. The molecule has 1 aliphatic heterocycles. The molecule has 92 valence electrons. The van der Waals surface area contributed by atoms with Crippen molar-refractivity contribution in [2.24, 2.45) is 4.99 Å². The Bertz CT molecular complexity index is 415. The first-order valence-corrected chi connectivity index (χ1v) is 6.65. The molecule has 0 saturated heterocycles. The van der Waals surface area contributed by atoms with Gasteiger partial charge in [-0.25, -0.2) is 0 Å². The van der Waals surface area contributed by atoms with Crippen molar-refractivity contribution in [3.63, 3.8) is 0 Å². The second-order valence-electron chi connectivity index (χ2n) is 4.79. The van der Waals surface area contributed by atoms with E-state index in [0.717, 1.165) is 19.6 Å². The Morgan fingerprint density at radius 3 is 2.53 bits per heavy atom. The number of aryl methyl sites for hydroxylation is 1. The van der Waals surface area contributed by atoms with Gasteiger partial charge in [0.05, 0.1) is 6.54 Å². The summed E-state index contributed by atoms with van der Waals surface area (Å²) < 4.78 is 0. The molecule has 1 aromatic rings. The molecule has 0 saturated carbocycles. The van der Waals surface area contributed by atoms with Crippen molar-refractivity contribution in [2.75, 3.05) is 13.1 Å². The summed E-state index contributed by atoms with van der Waals surface area (Å²) in [5.74, 6) is 1.21. The number of rotatable bonds is 4. The summed E-state index contributed by atoms with van der Waals surface area (Å²) in [5, 5.41) is 0. The molecular weight excluding hydrogens is 208 g/mol. The fraction of sp³-hybridized carbons (Fsp3) is 0.533. The van der Waals surface area contributed by atoms with E-state index in [4.69, 9.17) is 4.99 Å². The molecule has 2 nitrogen and oxygen atoms in total. The minimum absolute atomic E-state index is 0.857. The molecule has 0 bridgehead atoms. The van der Waals surface area contributed by atoms with Crippen LogP contribution in [0.3, 0.4) is 0 Å². The van der Waals surface area contributed by atoms with E-state index in [1.807, 2.05) is 0 Å². The second kappa shape index (κ2) is 5.35. The van der Waals surface area contributed by atoms with E-state index in [-0.39, 0.29) is 0 Å². The lowest BCUT2D eigenvalue weighted by molar-refractivity contribution is 0.417. The lowest BCUT2D eigenvalue weighted by Gasteiger charge is -2.24. The number of hydrogen-bond donors (Lipinski definition) is 0. The lowest BCUT2D eigenvalue weighted by Crippen LogP contribution is -2.32. The molecule has 1 aromatic carbocycles. The molecule has 17 heavy (non-hydrogen) atoms. The predicted octanol–water partition coefficient (Wildman–Crippen LogP) is 3.38. The van der Waals surface area contributed by atoms with Crippen LogP contribution >= 0.6 is 0 Å². The fourth-order valence-corrected chi connectivity index (χ4v) is 2.45. The second-order valence-corrected chi connectivity index (χ2v) is 4.79. The van der Waals surface area contributed by atoms with Crippen molar-refractivity contribution in [3.8, 4) is 0 Å². The van der Waals surface area contributed by atoms with Gasteiger partial charge in [-0.1, -0.05) is 37.6 Å². The van der Waals surface area contributed by atoms with Crippen LogP contribution in [0.4, 0.5) is 0 Å². The molecule has 1 heterocycles. The van der Waals surface area contributed by atoms with Gasteiger partial charge in [0.1, 0.15) is 5.84 Å². The van der Waals surface area contributed by atoms with E-state index in [9.17, 15) is 0 Å². The topological polar surface area (TPSA) is 15.6 Å². The van der Waals surface area contributed by atoms with Gasteiger partial charge in [-0.3, -0.25) is 4.99 Å². The molecular formula is C15H22N2. The van der Waals surface area contributed by atoms with Crippen LogP contribution in [0, 0.1) is 6.92 Å². The molecule has 0 radical (unpaired) electrons. The Kier molecular flexibility index (Phi) is 3.82. The van der Waals surface area contributed by atoms with Gasteiger partial charge in [-0.15, -0.1) is 0 Å². The Labute approximate surface area is 104 Å². The minimum atomic E-state index is 0.857. The zero-order chi connectivity index (χ0) is 12.3. The van der Waals surface area contributed by atoms with Crippen LogP contribution in [0.1, 0.15) is 43.4 Å². The third-order valence-electron chi connectivity index (χ3n) is 3.19. The smallest absolute Gasteiger partial charge is 0.131 e. The highest BCUT2D eigenvalue weighted by Gasteiger charge is 2.20. The maximum atomic E-state index is 4.72. The largest absolute Gasteiger partial charge is 0.356 e. The Morgan fingerprint density at radius 1 is 1.18 bits per heavy atom. The van der Waals surface area contributed by atoms with Gasteiger partial charge in [-0.05, 0) is 25.3 Å². The van der Waals surface area contributed by atoms with Crippen LogP contribution in [0.15, 0.2) is 23.2 Å². The van der Waals surface area contributed by atoms with Gasteiger partial charge in [0.2, 0.25) is 0 Å². The molecule has 0 aliphatic carbocycles. The van der Waals surface area contributed by atoms with Crippen LogP contribution in [-0.2, 0) is 6.54 Å². The van der Waals surface area contributed by atoms with Gasteiger partial charge >= 0.3 is 0 Å². The number of aliphatic imine (C=N–C) groups is 1. The SMILES string of the molecule is CCCN(CCC)C1=NCc2cc(C)ccc21. The number of fused-ring (bicyclic) bond motifs is 1. The molecule has 2 rings (SSSR count). The maximum absolute atomic E-state index is 4.72. The summed E-state index contributed by atoms with van der Waals surface area (Å²) in [7, 11) is 0. The third-order valence-corrected chi connectivity index (χ3v) is 3.19. The van der Waals surface area contributed by atoms with Crippen molar-refractivity contribution in [1.29, 1.82) is 0 Å². The summed E-state index contributed by atoms with van der Waals surface area (Å²) in [6, 6.07) is 6.69. The first-order chi connectivity index (χ1) is 8.26. The third kappa shape index (κ3) is 2.51. The highest BCUT2D eigenvalue weighted by Crippen LogP contribution is 2.22. The van der Waals surface area contributed by atoms with Crippen molar-refractivity contribution in [2.45, 2.75) is 40.2 Å². The van der Waals surface area contributed by atoms with E-state index in [1.54, 1.807) is 0 Å². The van der Waals surface area contributed by atoms with Gasteiger partial charge in [-0.2, -0.15) is 0 Å². The summed E-state index contributed by atoms with van der Waals surface area (Å²) in [5.41, 5.74) is 4.06. The van der Waals surface area contributed by atoms with Crippen LogP contribution in [0.5, 0.6) is 0 Å². The van der Waals surface area contributed by atoms with Crippen LogP contribution < -0.4 is 0 Å². The van der Waals surface area contributed by atoms with Crippen LogP contribution in [-0.4, -0.2) is 23.8 Å². The van der Waals surface area contributed by atoms with Crippen molar-refractivity contribution in [1.82, 2.24) is 4.90 Å². The van der Waals surface area contributed by atoms with Crippen molar-refractivity contribution >= 4 is 5.84 Å². The monoisotopic (exact) mass is 230 g/mol. The molecule has 0 amide bonds. The quantitative estimate of drug-likeness (QED) is 0.774. The normalized spacial score (nSPS) is 13.5. The average molecular weight is 230 g/mol. The molecule has 1 aliphatic rings. The summed E-state index contributed by atoms with van der Waals surface area (Å²) in [4.78, 5) is 7.16. The molecule has 0 fully saturated rings. The van der Waals surface area contributed by atoms with Crippen LogP contribution in [0.2, 0.25) is 0 Å². The van der Waals surface area contributed by atoms with Crippen LogP contribution in [0.25, 0.3) is 0 Å². The Balaban J connectivity index is 2.24. The number of hydrogen-bond acceptors (Lipinski definition) is 2. The van der Waals surface area contributed by atoms with Gasteiger partial charge in [0, 0.05) is 18.7 Å². The van der Waals surface area contributed by atoms with E-state index in [0.29, 0.717) is 0 Å². The first-order valence-electron chi connectivity index (χ1n) is 6.65. The zero-order valence-electron chi connectivity index (χ0n) is 11.2. The maximum Gasteiger partial charge on any atom is 0.131 e.